The van der Waals surface area contributed by atoms with Gasteiger partial charge in [-0.25, -0.2) is 4.39 Å². The van der Waals surface area contributed by atoms with Gasteiger partial charge in [0.25, 0.3) is 0 Å². The Morgan fingerprint density at radius 3 is 2.68 bits per heavy atom. The van der Waals surface area contributed by atoms with Gasteiger partial charge in [0.1, 0.15) is 5.82 Å². The molecule has 25 heavy (non-hydrogen) atoms. The van der Waals surface area contributed by atoms with E-state index in [0.717, 1.165) is 0 Å². The van der Waals surface area contributed by atoms with Crippen molar-refractivity contribution in [3.63, 3.8) is 0 Å². The summed E-state index contributed by atoms with van der Waals surface area (Å²) in [5.74, 6) is 0.203. The maximum atomic E-state index is 14.4. The third-order valence-corrected chi connectivity index (χ3v) is 4.38. The van der Waals surface area contributed by atoms with Gasteiger partial charge in [-0.2, -0.15) is 0 Å². The zero-order chi connectivity index (χ0) is 17.8. The van der Waals surface area contributed by atoms with E-state index in [2.05, 4.69) is 15.2 Å². The number of nitrogens with zero attached hydrogens (tertiary/aromatic N) is 5. The lowest BCUT2D eigenvalue weighted by Crippen LogP contribution is -2.23. The Labute approximate surface area is 148 Å². The van der Waals surface area contributed by atoms with Crippen LogP contribution in [-0.2, 0) is 4.79 Å². The molecule has 0 saturated carbocycles. The minimum atomic E-state index is -0.395. The van der Waals surface area contributed by atoms with Gasteiger partial charge in [-0.1, -0.05) is 23.9 Å². The van der Waals surface area contributed by atoms with Gasteiger partial charge in [-0.3, -0.25) is 14.3 Å². The topological polar surface area (TPSA) is 63.9 Å². The number of carbonyl (C=O) groups is 1. The molecule has 8 heteroatoms. The monoisotopic (exact) mass is 357 g/mol. The van der Waals surface area contributed by atoms with Crippen LogP contribution in [-0.4, -0.2) is 50.4 Å². The van der Waals surface area contributed by atoms with Crippen LogP contribution in [0.5, 0.6) is 0 Å². The number of hydrogen-bond donors (Lipinski definition) is 0. The van der Waals surface area contributed by atoms with Crippen molar-refractivity contribution in [2.24, 2.45) is 0 Å². The molecule has 128 valence electrons. The summed E-state index contributed by atoms with van der Waals surface area (Å²) in [7, 11) is 3.37. The van der Waals surface area contributed by atoms with E-state index < -0.39 is 5.82 Å². The molecule has 1 amide bonds. The van der Waals surface area contributed by atoms with Crippen LogP contribution >= 0.6 is 11.8 Å². The summed E-state index contributed by atoms with van der Waals surface area (Å²) in [5.41, 5.74) is 1.04. The van der Waals surface area contributed by atoms with Crippen molar-refractivity contribution in [1.29, 1.82) is 0 Å². The molecule has 1 aromatic carbocycles. The van der Waals surface area contributed by atoms with E-state index in [0.29, 0.717) is 22.2 Å². The number of para-hydroxylation sites is 1. The molecule has 0 unspecified atom stereocenters. The molecule has 2 heterocycles. The van der Waals surface area contributed by atoms with Crippen LogP contribution in [0.3, 0.4) is 0 Å². The number of carbonyl (C=O) groups excluding carboxylic acids is 1. The number of pyridine rings is 1. The smallest absolute Gasteiger partial charge is 0.232 e. The number of halogens is 1. The van der Waals surface area contributed by atoms with Crippen LogP contribution in [0.1, 0.15) is 0 Å². The average molecular weight is 357 g/mol. The molecule has 0 radical (unpaired) electrons. The highest BCUT2D eigenvalue weighted by atomic mass is 32.2. The third-order valence-electron chi connectivity index (χ3n) is 3.47. The lowest BCUT2D eigenvalue weighted by molar-refractivity contribution is -0.125. The predicted octanol–water partition coefficient (Wildman–Crippen LogP) is 2.65. The van der Waals surface area contributed by atoms with E-state index in [4.69, 9.17) is 0 Å². The van der Waals surface area contributed by atoms with Gasteiger partial charge in [-0.15, -0.1) is 10.2 Å². The first-order valence-corrected chi connectivity index (χ1v) is 8.50. The lowest BCUT2D eigenvalue weighted by atomic mass is 10.2. The van der Waals surface area contributed by atoms with Crippen molar-refractivity contribution in [3.8, 4) is 17.1 Å². The molecule has 0 aliphatic rings. The molecule has 3 aromatic rings. The second-order valence-electron chi connectivity index (χ2n) is 5.41. The van der Waals surface area contributed by atoms with Crippen LogP contribution in [0.2, 0.25) is 0 Å². The van der Waals surface area contributed by atoms with E-state index >= 15 is 0 Å². The first-order valence-electron chi connectivity index (χ1n) is 7.51. The number of benzene rings is 1. The third kappa shape index (κ3) is 3.69. The van der Waals surface area contributed by atoms with E-state index in [1.54, 1.807) is 55.3 Å². The Kier molecular flexibility index (Phi) is 5.08. The number of hydrogen-bond acceptors (Lipinski definition) is 5. The Hall–Kier alpha value is -2.74. The van der Waals surface area contributed by atoms with Crippen molar-refractivity contribution in [2.45, 2.75) is 5.16 Å². The molecule has 0 bridgehead atoms. The number of rotatable bonds is 5. The number of aromatic nitrogens is 4. The summed E-state index contributed by atoms with van der Waals surface area (Å²) < 4.78 is 16.0. The molecule has 0 fully saturated rings. The largest absolute Gasteiger partial charge is 0.348 e. The fraction of sp³-hybridized carbons (Fsp3) is 0.176. The summed E-state index contributed by atoms with van der Waals surface area (Å²) in [6.45, 7) is 0. The minimum absolute atomic E-state index is 0.0592. The Morgan fingerprint density at radius 1 is 1.20 bits per heavy atom. The van der Waals surface area contributed by atoms with Gasteiger partial charge in [0, 0.05) is 32.1 Å². The van der Waals surface area contributed by atoms with Gasteiger partial charge in [0.05, 0.1) is 11.4 Å². The van der Waals surface area contributed by atoms with Crippen molar-refractivity contribution in [1.82, 2.24) is 24.6 Å². The summed E-state index contributed by atoms with van der Waals surface area (Å²) in [6, 6.07) is 9.99. The van der Waals surface area contributed by atoms with E-state index in [1.165, 1.54) is 22.7 Å². The maximum absolute atomic E-state index is 14.4. The van der Waals surface area contributed by atoms with E-state index in [1.807, 2.05) is 6.07 Å². The molecular weight excluding hydrogens is 341 g/mol. The SMILES string of the molecule is CN(C)C(=O)CSc1nnc(-c2cccnc2)n1-c1ccccc1F. The molecule has 0 N–H and O–H groups in total. The zero-order valence-corrected chi connectivity index (χ0v) is 14.6. The molecule has 6 nitrogen and oxygen atoms in total. The van der Waals surface area contributed by atoms with Crippen LogP contribution in [0, 0.1) is 5.82 Å². The highest BCUT2D eigenvalue weighted by molar-refractivity contribution is 7.99. The van der Waals surface area contributed by atoms with Crippen molar-refractivity contribution < 1.29 is 9.18 Å². The quantitative estimate of drug-likeness (QED) is 0.657. The standard InChI is InChI=1S/C17H16FN5OS/c1-22(2)15(24)11-25-17-21-20-16(12-6-5-9-19-10-12)23(17)14-8-4-3-7-13(14)18/h3-10H,11H2,1-2H3. The fourth-order valence-electron chi connectivity index (χ4n) is 2.15. The molecular formula is C17H16FN5OS. The zero-order valence-electron chi connectivity index (χ0n) is 13.8. The van der Waals surface area contributed by atoms with Crippen LogP contribution in [0.4, 0.5) is 4.39 Å². The summed E-state index contributed by atoms with van der Waals surface area (Å²) >= 11 is 1.21. The predicted molar refractivity (Wildman–Crippen MR) is 94.0 cm³/mol. The Balaban J connectivity index is 2.06. The minimum Gasteiger partial charge on any atom is -0.348 e. The Morgan fingerprint density at radius 2 is 2.00 bits per heavy atom. The molecule has 0 saturated heterocycles. The second kappa shape index (κ2) is 7.43. The highest BCUT2D eigenvalue weighted by Crippen LogP contribution is 2.28. The van der Waals surface area contributed by atoms with Gasteiger partial charge in [0.2, 0.25) is 5.91 Å². The Bertz CT molecular complexity index is 882. The van der Waals surface area contributed by atoms with Crippen LogP contribution in [0.25, 0.3) is 17.1 Å². The number of amides is 1. The molecule has 0 aliphatic heterocycles. The van der Waals surface area contributed by atoms with Crippen molar-refractivity contribution >= 4 is 17.7 Å². The van der Waals surface area contributed by atoms with E-state index in [9.17, 15) is 9.18 Å². The summed E-state index contributed by atoms with van der Waals surface area (Å²) in [6.07, 6.45) is 3.29. The maximum Gasteiger partial charge on any atom is 0.232 e. The van der Waals surface area contributed by atoms with Gasteiger partial charge >= 0.3 is 0 Å². The number of thioether (sulfide) groups is 1. The molecule has 0 atom stereocenters. The van der Waals surface area contributed by atoms with Crippen molar-refractivity contribution in [3.05, 3.63) is 54.6 Å². The lowest BCUT2D eigenvalue weighted by Gasteiger charge is -2.12. The second-order valence-corrected chi connectivity index (χ2v) is 6.35. The van der Waals surface area contributed by atoms with E-state index in [-0.39, 0.29) is 11.7 Å². The molecule has 0 aliphatic carbocycles. The van der Waals surface area contributed by atoms with Gasteiger partial charge < -0.3 is 4.90 Å². The first kappa shape index (κ1) is 17.1. The average Bonchev–Trinajstić information content (AvgIpc) is 3.04. The van der Waals surface area contributed by atoms with Crippen LogP contribution in [0.15, 0.2) is 53.9 Å². The van der Waals surface area contributed by atoms with Crippen molar-refractivity contribution in [2.75, 3.05) is 19.8 Å². The summed E-state index contributed by atoms with van der Waals surface area (Å²) in [5, 5.41) is 8.78. The van der Waals surface area contributed by atoms with Gasteiger partial charge in [0.15, 0.2) is 11.0 Å². The molecule has 3 rings (SSSR count). The highest BCUT2D eigenvalue weighted by Gasteiger charge is 2.19. The normalized spacial score (nSPS) is 10.7. The fourth-order valence-corrected chi connectivity index (χ4v) is 3.07. The van der Waals surface area contributed by atoms with Crippen LogP contribution < -0.4 is 0 Å². The van der Waals surface area contributed by atoms with Gasteiger partial charge in [-0.05, 0) is 24.3 Å². The molecule has 2 aromatic heterocycles. The molecule has 0 spiro atoms. The summed E-state index contributed by atoms with van der Waals surface area (Å²) in [4.78, 5) is 17.5. The first-order chi connectivity index (χ1) is 12.1.